The van der Waals surface area contributed by atoms with Gasteiger partial charge in [0.2, 0.25) is 0 Å². The Morgan fingerprint density at radius 3 is 2.50 bits per heavy atom. The second-order valence-electron chi connectivity index (χ2n) is 4.48. The number of halogens is 2. The van der Waals surface area contributed by atoms with E-state index >= 15 is 0 Å². The standard InChI is InChI=1S/C15H14BrFN2O/c1-9(10-2-5-12(16)6-3-10)19-15(20)11-4-7-14(18)13(17)8-11/h2-9H,18H2,1H3,(H,19,20)/t9-/m1/s1. The highest BCUT2D eigenvalue weighted by Gasteiger charge is 2.12. The van der Waals surface area contributed by atoms with Gasteiger partial charge >= 0.3 is 0 Å². The minimum absolute atomic E-state index is 0.0301. The Balaban J connectivity index is 2.10. The van der Waals surface area contributed by atoms with Gasteiger partial charge in [-0.15, -0.1) is 0 Å². The van der Waals surface area contributed by atoms with Gasteiger partial charge in [-0.3, -0.25) is 4.79 Å². The Morgan fingerprint density at radius 2 is 1.90 bits per heavy atom. The first-order valence-electron chi connectivity index (χ1n) is 6.08. The fourth-order valence-corrected chi connectivity index (χ4v) is 2.05. The molecule has 1 atom stereocenters. The summed E-state index contributed by atoms with van der Waals surface area (Å²) in [6.07, 6.45) is 0. The third-order valence-corrected chi connectivity index (χ3v) is 3.51. The van der Waals surface area contributed by atoms with Crippen molar-refractivity contribution >= 4 is 27.5 Å². The third kappa shape index (κ3) is 3.36. The van der Waals surface area contributed by atoms with Crippen LogP contribution in [0.5, 0.6) is 0 Å². The number of hydrogen-bond donors (Lipinski definition) is 2. The van der Waals surface area contributed by atoms with Crippen LogP contribution < -0.4 is 11.1 Å². The van der Waals surface area contributed by atoms with E-state index in [0.29, 0.717) is 0 Å². The van der Waals surface area contributed by atoms with Crippen molar-refractivity contribution in [3.05, 3.63) is 63.9 Å². The second-order valence-corrected chi connectivity index (χ2v) is 5.40. The van der Waals surface area contributed by atoms with Gasteiger partial charge in [0.15, 0.2) is 0 Å². The van der Waals surface area contributed by atoms with E-state index in [9.17, 15) is 9.18 Å². The minimum atomic E-state index is -0.589. The highest BCUT2D eigenvalue weighted by Crippen LogP contribution is 2.18. The number of carbonyl (C=O) groups excluding carboxylic acids is 1. The van der Waals surface area contributed by atoms with E-state index in [4.69, 9.17) is 5.73 Å². The molecule has 0 spiro atoms. The van der Waals surface area contributed by atoms with Crippen LogP contribution in [0.4, 0.5) is 10.1 Å². The highest BCUT2D eigenvalue weighted by molar-refractivity contribution is 9.10. The van der Waals surface area contributed by atoms with Crippen molar-refractivity contribution in [2.45, 2.75) is 13.0 Å². The minimum Gasteiger partial charge on any atom is -0.396 e. The molecule has 104 valence electrons. The van der Waals surface area contributed by atoms with Crippen LogP contribution in [-0.2, 0) is 0 Å². The molecular formula is C15H14BrFN2O. The lowest BCUT2D eigenvalue weighted by molar-refractivity contribution is 0.0939. The number of rotatable bonds is 3. The van der Waals surface area contributed by atoms with Crippen molar-refractivity contribution in [3.8, 4) is 0 Å². The number of carbonyl (C=O) groups is 1. The predicted octanol–water partition coefficient (Wildman–Crippen LogP) is 3.66. The molecule has 2 rings (SSSR count). The molecule has 0 fully saturated rings. The lowest BCUT2D eigenvalue weighted by Gasteiger charge is -2.14. The molecule has 0 bridgehead atoms. The van der Waals surface area contributed by atoms with Crippen molar-refractivity contribution in [1.29, 1.82) is 0 Å². The molecule has 0 aliphatic rings. The van der Waals surface area contributed by atoms with E-state index in [1.807, 2.05) is 31.2 Å². The Hall–Kier alpha value is -1.88. The molecule has 0 saturated carbocycles. The van der Waals surface area contributed by atoms with Gasteiger partial charge in [0.25, 0.3) is 5.91 Å². The third-order valence-electron chi connectivity index (χ3n) is 2.98. The lowest BCUT2D eigenvalue weighted by atomic mass is 10.1. The molecule has 0 heterocycles. The maximum atomic E-state index is 13.3. The summed E-state index contributed by atoms with van der Waals surface area (Å²) in [6.45, 7) is 1.87. The topological polar surface area (TPSA) is 55.1 Å². The average Bonchev–Trinajstić information content (AvgIpc) is 2.42. The lowest BCUT2D eigenvalue weighted by Crippen LogP contribution is -2.26. The van der Waals surface area contributed by atoms with Crippen LogP contribution in [0.15, 0.2) is 46.9 Å². The molecule has 0 aliphatic carbocycles. The van der Waals surface area contributed by atoms with Gasteiger partial charge in [0.05, 0.1) is 11.7 Å². The van der Waals surface area contributed by atoms with Gasteiger partial charge in [-0.2, -0.15) is 0 Å². The number of benzene rings is 2. The molecule has 5 heteroatoms. The molecule has 2 aromatic rings. The molecule has 0 unspecified atom stereocenters. The molecule has 3 N–H and O–H groups in total. The van der Waals surface area contributed by atoms with E-state index in [1.165, 1.54) is 12.1 Å². The summed E-state index contributed by atoms with van der Waals surface area (Å²) in [7, 11) is 0. The van der Waals surface area contributed by atoms with Crippen LogP contribution in [-0.4, -0.2) is 5.91 Å². The highest BCUT2D eigenvalue weighted by atomic mass is 79.9. The van der Waals surface area contributed by atoms with Crippen LogP contribution in [0, 0.1) is 5.82 Å². The predicted molar refractivity (Wildman–Crippen MR) is 80.8 cm³/mol. The summed E-state index contributed by atoms with van der Waals surface area (Å²) in [5, 5.41) is 2.82. The normalized spacial score (nSPS) is 11.9. The molecule has 0 saturated heterocycles. The molecule has 0 aliphatic heterocycles. The van der Waals surface area contributed by atoms with Crippen LogP contribution in [0.25, 0.3) is 0 Å². The molecule has 3 nitrogen and oxygen atoms in total. The quantitative estimate of drug-likeness (QED) is 0.840. The van der Waals surface area contributed by atoms with E-state index in [2.05, 4.69) is 21.2 Å². The van der Waals surface area contributed by atoms with Gasteiger partial charge in [-0.1, -0.05) is 28.1 Å². The number of hydrogen-bond acceptors (Lipinski definition) is 2. The maximum absolute atomic E-state index is 13.3. The summed E-state index contributed by atoms with van der Waals surface area (Å²) in [5.41, 5.74) is 6.63. The van der Waals surface area contributed by atoms with Crippen LogP contribution >= 0.6 is 15.9 Å². The number of nitrogen functional groups attached to an aromatic ring is 1. The first-order valence-corrected chi connectivity index (χ1v) is 6.88. The summed E-state index contributed by atoms with van der Waals surface area (Å²) in [5.74, 6) is -0.923. The van der Waals surface area contributed by atoms with Crippen LogP contribution in [0.1, 0.15) is 28.9 Å². The molecule has 20 heavy (non-hydrogen) atoms. The molecule has 0 aromatic heterocycles. The van der Waals surface area contributed by atoms with Crippen molar-refractivity contribution in [3.63, 3.8) is 0 Å². The molecular weight excluding hydrogens is 323 g/mol. The fraction of sp³-hybridized carbons (Fsp3) is 0.133. The van der Waals surface area contributed by atoms with Crippen molar-refractivity contribution in [2.75, 3.05) is 5.73 Å². The van der Waals surface area contributed by atoms with Crippen molar-refractivity contribution < 1.29 is 9.18 Å². The zero-order valence-corrected chi connectivity index (χ0v) is 12.4. The molecule has 0 radical (unpaired) electrons. The summed E-state index contributed by atoms with van der Waals surface area (Å²) in [6, 6.07) is 11.5. The SMILES string of the molecule is C[C@@H](NC(=O)c1ccc(N)c(F)c1)c1ccc(Br)cc1. The number of anilines is 1. The first-order chi connectivity index (χ1) is 9.47. The van der Waals surface area contributed by atoms with Gasteiger partial charge in [0.1, 0.15) is 5.82 Å². The van der Waals surface area contributed by atoms with Crippen LogP contribution in [0.2, 0.25) is 0 Å². The second kappa shape index (κ2) is 6.05. The van der Waals surface area contributed by atoms with Gasteiger partial charge in [-0.05, 0) is 42.8 Å². The molecule has 2 aromatic carbocycles. The van der Waals surface area contributed by atoms with E-state index in [1.54, 1.807) is 0 Å². The number of amides is 1. The number of nitrogens with one attached hydrogen (secondary N) is 1. The van der Waals surface area contributed by atoms with Gasteiger partial charge in [-0.25, -0.2) is 4.39 Å². The molecule has 1 amide bonds. The Labute approximate surface area is 125 Å². The van der Waals surface area contributed by atoms with Crippen molar-refractivity contribution in [1.82, 2.24) is 5.32 Å². The zero-order valence-electron chi connectivity index (χ0n) is 10.9. The largest absolute Gasteiger partial charge is 0.396 e. The van der Waals surface area contributed by atoms with Gasteiger partial charge < -0.3 is 11.1 Å². The number of nitrogens with two attached hydrogens (primary N) is 1. The van der Waals surface area contributed by atoms with Crippen molar-refractivity contribution in [2.24, 2.45) is 0 Å². The van der Waals surface area contributed by atoms with E-state index < -0.39 is 5.82 Å². The Bertz CT molecular complexity index is 628. The maximum Gasteiger partial charge on any atom is 0.251 e. The van der Waals surface area contributed by atoms with E-state index in [-0.39, 0.29) is 23.2 Å². The Morgan fingerprint density at radius 1 is 1.25 bits per heavy atom. The van der Waals surface area contributed by atoms with Crippen LogP contribution in [0.3, 0.4) is 0 Å². The Kier molecular flexibility index (Phi) is 4.39. The summed E-state index contributed by atoms with van der Waals surface area (Å²) in [4.78, 5) is 12.0. The average molecular weight is 337 g/mol. The fourth-order valence-electron chi connectivity index (χ4n) is 1.78. The van der Waals surface area contributed by atoms with E-state index in [0.717, 1.165) is 16.1 Å². The first kappa shape index (κ1) is 14.5. The smallest absolute Gasteiger partial charge is 0.251 e. The summed E-state index contributed by atoms with van der Waals surface area (Å²) < 4.78 is 14.3. The zero-order chi connectivity index (χ0) is 14.7. The van der Waals surface area contributed by atoms with Gasteiger partial charge in [0, 0.05) is 10.0 Å². The summed E-state index contributed by atoms with van der Waals surface area (Å²) >= 11 is 3.36. The monoisotopic (exact) mass is 336 g/mol.